The maximum atomic E-state index is 12.8. The lowest BCUT2D eigenvalue weighted by atomic mass is 9.88. The van der Waals surface area contributed by atoms with Crippen LogP contribution in [0.3, 0.4) is 0 Å². The maximum absolute atomic E-state index is 12.8. The van der Waals surface area contributed by atoms with Crippen LogP contribution in [-0.2, 0) is 14.8 Å². The van der Waals surface area contributed by atoms with Crippen molar-refractivity contribution in [2.24, 2.45) is 9.81 Å². The van der Waals surface area contributed by atoms with E-state index in [-0.39, 0.29) is 16.2 Å². The number of carbonyl (C=O) groups is 1. The van der Waals surface area contributed by atoms with E-state index in [9.17, 15) is 13.2 Å². The van der Waals surface area contributed by atoms with Gasteiger partial charge in [-0.15, -0.1) is 4.40 Å². The van der Waals surface area contributed by atoms with E-state index in [0.29, 0.717) is 17.9 Å². The molecule has 1 aromatic carbocycles. The molecular weight excluding hydrogens is 362 g/mol. The monoisotopic (exact) mass is 391 g/mol. The van der Waals surface area contributed by atoms with Gasteiger partial charge in [0, 0.05) is 31.1 Å². The fourth-order valence-electron chi connectivity index (χ4n) is 3.83. The fourth-order valence-corrected chi connectivity index (χ4v) is 4.97. The molecule has 1 N–H and O–H groups in total. The Labute approximate surface area is 162 Å². The molecule has 1 aliphatic carbocycles. The summed E-state index contributed by atoms with van der Waals surface area (Å²) in [6.07, 6.45) is 7.62. The Hall–Kier alpha value is -1.89. The van der Waals surface area contributed by atoms with Crippen LogP contribution < -0.4 is 5.32 Å². The van der Waals surface area contributed by atoms with Gasteiger partial charge in [0.25, 0.3) is 10.0 Å². The Bertz CT molecular complexity index is 827. The van der Waals surface area contributed by atoms with Crippen molar-refractivity contribution in [3.05, 3.63) is 24.3 Å². The van der Waals surface area contributed by atoms with Crippen LogP contribution in [0.5, 0.6) is 0 Å². The summed E-state index contributed by atoms with van der Waals surface area (Å²) in [5, 5.41) is 2.90. The number of rotatable bonds is 4. The van der Waals surface area contributed by atoms with E-state index < -0.39 is 10.0 Å². The third-order valence-electron chi connectivity index (χ3n) is 5.71. The molecule has 0 aromatic heterocycles. The fraction of sp³-hybridized carbons (Fsp3) is 0.600. The van der Waals surface area contributed by atoms with Crippen LogP contribution in [0.25, 0.3) is 0 Å². The minimum atomic E-state index is -3.81. The van der Waals surface area contributed by atoms with Gasteiger partial charge in [-0.2, -0.15) is 8.42 Å². The molecule has 0 atom stereocenters. The number of amides is 1. The number of carbonyl (C=O) groups excluding carboxylic acids is 1. The zero-order valence-corrected chi connectivity index (χ0v) is 17.0. The minimum absolute atomic E-state index is 0.0376. The lowest BCUT2D eigenvalue weighted by molar-refractivity contribution is -0.124. The highest BCUT2D eigenvalue weighted by Gasteiger charge is 2.36. The highest BCUT2D eigenvalue weighted by Crippen LogP contribution is 2.38. The second-order valence-corrected chi connectivity index (χ2v) is 9.57. The number of hydrogen-bond donors (Lipinski definition) is 1. The number of hydrogen-bond acceptors (Lipinski definition) is 3. The van der Waals surface area contributed by atoms with Gasteiger partial charge in [-0.25, -0.2) is 0 Å². The molecule has 1 saturated carbocycles. The smallest absolute Gasteiger partial charge is 0.284 e. The van der Waals surface area contributed by atoms with E-state index in [2.05, 4.69) is 9.71 Å². The van der Waals surface area contributed by atoms with Crippen LogP contribution in [0.2, 0.25) is 0 Å². The average Bonchev–Trinajstić information content (AvgIpc) is 2.99. The first-order valence-corrected chi connectivity index (χ1v) is 11.2. The number of amidine groups is 1. The molecular formula is C20H29N3O3S. The third-order valence-corrected chi connectivity index (χ3v) is 7.01. The molecule has 1 heterocycles. The van der Waals surface area contributed by atoms with Crippen LogP contribution in [0, 0.1) is 5.41 Å². The van der Waals surface area contributed by atoms with Crippen molar-refractivity contribution in [2.75, 3.05) is 18.9 Å². The summed E-state index contributed by atoms with van der Waals surface area (Å²) in [5.74, 6) is 0.574. The van der Waals surface area contributed by atoms with Crippen molar-refractivity contribution in [2.45, 2.75) is 63.2 Å². The Kier molecular flexibility index (Phi) is 5.89. The predicted molar refractivity (Wildman–Crippen MR) is 107 cm³/mol. The molecule has 0 spiro atoms. The maximum Gasteiger partial charge on any atom is 0.284 e. The van der Waals surface area contributed by atoms with Crippen molar-refractivity contribution >= 4 is 27.5 Å². The van der Waals surface area contributed by atoms with E-state index in [1.54, 1.807) is 12.1 Å². The number of anilines is 1. The topological polar surface area (TPSA) is 78.8 Å². The summed E-state index contributed by atoms with van der Waals surface area (Å²) in [6, 6.07) is 6.41. The van der Waals surface area contributed by atoms with Gasteiger partial charge >= 0.3 is 0 Å². The minimum Gasteiger partial charge on any atom is -0.362 e. The van der Waals surface area contributed by atoms with Crippen molar-refractivity contribution in [3.63, 3.8) is 0 Å². The Morgan fingerprint density at radius 2 is 1.89 bits per heavy atom. The zero-order valence-electron chi connectivity index (χ0n) is 16.2. The number of nitrogens with zero attached hydrogens (tertiary/aromatic N) is 2. The second-order valence-electron chi connectivity index (χ2n) is 7.96. The molecule has 2 aliphatic rings. The van der Waals surface area contributed by atoms with Crippen LogP contribution in [0.15, 0.2) is 33.6 Å². The Balaban J connectivity index is 1.80. The summed E-state index contributed by atoms with van der Waals surface area (Å²) in [6.45, 7) is 2.80. The van der Waals surface area contributed by atoms with Gasteiger partial charge in [-0.1, -0.05) is 32.3 Å². The van der Waals surface area contributed by atoms with E-state index >= 15 is 0 Å². The molecule has 1 amide bonds. The first-order valence-electron chi connectivity index (χ1n) is 9.77. The summed E-state index contributed by atoms with van der Waals surface area (Å²) >= 11 is 0. The third kappa shape index (κ3) is 4.69. The van der Waals surface area contributed by atoms with Gasteiger partial charge in [-0.05, 0) is 43.9 Å². The normalized spacial score (nSPS) is 21.9. The molecule has 0 radical (unpaired) electrons. The molecule has 7 heteroatoms. The number of nitrogens with one attached hydrogen (secondary N) is 1. The SMILES string of the molecule is CN1CCCCC/C1=N\S(=O)(=O)c1cccc(NC(=O)C2(C)CCCC2)c1. The Morgan fingerprint density at radius 3 is 2.63 bits per heavy atom. The van der Waals surface area contributed by atoms with E-state index in [1.165, 1.54) is 12.1 Å². The summed E-state index contributed by atoms with van der Waals surface area (Å²) in [7, 11) is -1.92. The second kappa shape index (κ2) is 8.00. The van der Waals surface area contributed by atoms with Crippen molar-refractivity contribution in [1.82, 2.24) is 4.90 Å². The van der Waals surface area contributed by atoms with Crippen molar-refractivity contribution < 1.29 is 13.2 Å². The Morgan fingerprint density at radius 1 is 1.15 bits per heavy atom. The lowest BCUT2D eigenvalue weighted by Gasteiger charge is -2.22. The van der Waals surface area contributed by atoms with Gasteiger partial charge in [0.2, 0.25) is 5.91 Å². The van der Waals surface area contributed by atoms with Crippen LogP contribution >= 0.6 is 0 Å². The zero-order chi connectivity index (χ0) is 19.5. The molecule has 1 saturated heterocycles. The molecule has 27 heavy (non-hydrogen) atoms. The predicted octanol–water partition coefficient (Wildman–Crippen LogP) is 3.80. The summed E-state index contributed by atoms with van der Waals surface area (Å²) < 4.78 is 29.7. The first-order chi connectivity index (χ1) is 12.8. The number of sulfonamides is 1. The highest BCUT2D eigenvalue weighted by molar-refractivity contribution is 7.90. The van der Waals surface area contributed by atoms with Gasteiger partial charge in [-0.3, -0.25) is 4.79 Å². The van der Waals surface area contributed by atoms with Gasteiger partial charge in [0.1, 0.15) is 5.84 Å². The van der Waals surface area contributed by atoms with Crippen LogP contribution in [0.1, 0.15) is 58.3 Å². The van der Waals surface area contributed by atoms with Gasteiger partial charge in [0.15, 0.2) is 0 Å². The van der Waals surface area contributed by atoms with E-state index in [0.717, 1.165) is 51.5 Å². The standard InChI is InChI=1S/C20H29N3O3S/c1-20(12-5-6-13-20)19(24)21-16-9-8-10-17(15-16)27(25,26)22-18-11-4-3-7-14-23(18)2/h8-10,15H,3-7,11-14H2,1-2H3,(H,21,24)/b22-18+. The molecule has 0 bridgehead atoms. The van der Waals surface area contributed by atoms with Gasteiger partial charge in [0.05, 0.1) is 4.90 Å². The number of likely N-dealkylation sites (tertiary alicyclic amines) is 1. The molecule has 2 fully saturated rings. The molecule has 148 valence electrons. The first kappa shape index (κ1) is 19.9. The molecule has 1 aliphatic heterocycles. The highest BCUT2D eigenvalue weighted by atomic mass is 32.2. The molecule has 0 unspecified atom stereocenters. The van der Waals surface area contributed by atoms with Crippen molar-refractivity contribution in [1.29, 1.82) is 0 Å². The molecule has 6 nitrogen and oxygen atoms in total. The quantitative estimate of drug-likeness (QED) is 0.847. The summed E-state index contributed by atoms with van der Waals surface area (Å²) in [4.78, 5) is 14.6. The van der Waals surface area contributed by atoms with Gasteiger partial charge < -0.3 is 10.2 Å². The lowest BCUT2D eigenvalue weighted by Crippen LogP contribution is -2.30. The number of benzene rings is 1. The molecule has 3 rings (SSSR count). The molecule has 1 aromatic rings. The average molecular weight is 392 g/mol. The van der Waals surface area contributed by atoms with Crippen molar-refractivity contribution in [3.8, 4) is 0 Å². The van der Waals surface area contributed by atoms with Crippen LogP contribution in [-0.4, -0.2) is 38.7 Å². The largest absolute Gasteiger partial charge is 0.362 e. The van der Waals surface area contributed by atoms with E-state index in [1.807, 2.05) is 18.9 Å². The van der Waals surface area contributed by atoms with Crippen LogP contribution in [0.4, 0.5) is 5.69 Å². The summed E-state index contributed by atoms with van der Waals surface area (Å²) in [5.41, 5.74) is 0.140. The van der Waals surface area contributed by atoms with E-state index in [4.69, 9.17) is 0 Å².